The number of esters is 1. The van der Waals surface area contributed by atoms with Crippen LogP contribution in [0.15, 0.2) is 54.1 Å². The van der Waals surface area contributed by atoms with Crippen molar-refractivity contribution in [3.63, 3.8) is 0 Å². The molecule has 0 aliphatic heterocycles. The van der Waals surface area contributed by atoms with Gasteiger partial charge in [0.15, 0.2) is 0 Å². The van der Waals surface area contributed by atoms with Crippen LogP contribution in [0.2, 0.25) is 0 Å². The van der Waals surface area contributed by atoms with Crippen molar-refractivity contribution >= 4 is 17.9 Å². The maximum absolute atomic E-state index is 11.4. The van der Waals surface area contributed by atoms with E-state index < -0.39 is 5.97 Å². The van der Waals surface area contributed by atoms with Crippen LogP contribution in [0, 0.1) is 0 Å². The summed E-state index contributed by atoms with van der Waals surface area (Å²) in [6.45, 7) is 5.66. The molecule has 0 aliphatic rings. The fourth-order valence-corrected chi connectivity index (χ4v) is 1.23. The van der Waals surface area contributed by atoms with Crippen LogP contribution in [0.25, 0.3) is 5.70 Å². The first kappa shape index (κ1) is 12.9. The van der Waals surface area contributed by atoms with Gasteiger partial charge in [0, 0.05) is 17.9 Å². The van der Waals surface area contributed by atoms with Gasteiger partial charge < -0.3 is 4.74 Å². The molecule has 0 aliphatic carbocycles. The van der Waals surface area contributed by atoms with Gasteiger partial charge in [0.25, 0.3) is 0 Å². The lowest BCUT2D eigenvalue weighted by atomic mass is 10.1. The van der Waals surface area contributed by atoms with E-state index in [9.17, 15) is 4.79 Å². The Morgan fingerprint density at radius 2 is 2.12 bits per heavy atom. The third-order valence-electron chi connectivity index (χ3n) is 1.93. The molecule has 0 saturated carbocycles. The van der Waals surface area contributed by atoms with Crippen molar-refractivity contribution in [2.24, 2.45) is 4.99 Å². The summed E-state index contributed by atoms with van der Waals surface area (Å²) in [4.78, 5) is 15.5. The summed E-state index contributed by atoms with van der Waals surface area (Å²) in [5.41, 5.74) is 1.42. The van der Waals surface area contributed by atoms with Crippen molar-refractivity contribution in [2.75, 3.05) is 6.61 Å². The standard InChI is InChI=1S/C14H15NO2/c1-3-10-15-13(11-14(16)17-4-2)12-8-6-5-7-9-12/h3,5-11H,1,4H2,2H3/b13-11+,15-10?. The first-order valence-corrected chi connectivity index (χ1v) is 5.37. The quantitative estimate of drug-likeness (QED) is 0.442. The zero-order valence-electron chi connectivity index (χ0n) is 9.80. The van der Waals surface area contributed by atoms with E-state index in [4.69, 9.17) is 4.74 Å². The number of ether oxygens (including phenoxy) is 1. The second kappa shape index (κ2) is 7.17. The molecular formula is C14H15NO2. The molecule has 0 aromatic heterocycles. The van der Waals surface area contributed by atoms with Gasteiger partial charge >= 0.3 is 5.97 Å². The minimum absolute atomic E-state index is 0.350. The predicted octanol–water partition coefficient (Wildman–Crippen LogP) is 2.85. The number of hydrogen-bond donors (Lipinski definition) is 0. The van der Waals surface area contributed by atoms with Crippen molar-refractivity contribution in [1.29, 1.82) is 0 Å². The lowest BCUT2D eigenvalue weighted by molar-refractivity contribution is -0.137. The zero-order chi connectivity index (χ0) is 12.5. The number of nitrogens with zero attached hydrogens (tertiary/aromatic N) is 1. The average molecular weight is 229 g/mol. The third kappa shape index (κ3) is 4.47. The molecule has 0 radical (unpaired) electrons. The number of carbonyl (C=O) groups excluding carboxylic acids is 1. The van der Waals surface area contributed by atoms with E-state index in [1.54, 1.807) is 13.0 Å². The van der Waals surface area contributed by atoms with Gasteiger partial charge in [0.1, 0.15) is 0 Å². The highest BCUT2D eigenvalue weighted by atomic mass is 16.5. The van der Waals surface area contributed by atoms with E-state index in [2.05, 4.69) is 11.6 Å². The average Bonchev–Trinajstić information content (AvgIpc) is 2.36. The van der Waals surface area contributed by atoms with Crippen LogP contribution in [0.3, 0.4) is 0 Å². The fraction of sp³-hybridized carbons (Fsp3) is 0.143. The van der Waals surface area contributed by atoms with Crippen molar-refractivity contribution in [3.8, 4) is 0 Å². The highest BCUT2D eigenvalue weighted by Gasteiger charge is 2.03. The van der Waals surface area contributed by atoms with Gasteiger partial charge in [-0.05, 0) is 6.92 Å². The van der Waals surface area contributed by atoms with E-state index >= 15 is 0 Å². The largest absolute Gasteiger partial charge is 0.463 e. The number of rotatable bonds is 5. The molecule has 0 bridgehead atoms. The number of carbonyl (C=O) groups is 1. The minimum Gasteiger partial charge on any atom is -0.463 e. The Labute approximate surface area is 101 Å². The molecule has 0 amide bonds. The fourth-order valence-electron chi connectivity index (χ4n) is 1.23. The van der Waals surface area contributed by atoms with Gasteiger partial charge in [-0.25, -0.2) is 4.79 Å². The number of benzene rings is 1. The van der Waals surface area contributed by atoms with Crippen LogP contribution >= 0.6 is 0 Å². The summed E-state index contributed by atoms with van der Waals surface area (Å²) in [6.07, 6.45) is 4.47. The molecule has 0 unspecified atom stereocenters. The molecule has 17 heavy (non-hydrogen) atoms. The van der Waals surface area contributed by atoms with Gasteiger partial charge in [0.05, 0.1) is 12.3 Å². The molecular weight excluding hydrogens is 214 g/mol. The molecule has 0 spiro atoms. The summed E-state index contributed by atoms with van der Waals surface area (Å²) in [5, 5.41) is 0. The molecule has 0 saturated heterocycles. The Kier molecular flexibility index (Phi) is 5.44. The number of hydrogen-bond acceptors (Lipinski definition) is 3. The molecule has 88 valence electrons. The number of aliphatic imine (C=N–C) groups is 1. The maximum atomic E-state index is 11.4. The second-order valence-corrected chi connectivity index (χ2v) is 3.16. The van der Waals surface area contributed by atoms with Crippen molar-refractivity contribution in [2.45, 2.75) is 6.92 Å². The molecule has 0 atom stereocenters. The minimum atomic E-state index is -0.396. The second-order valence-electron chi connectivity index (χ2n) is 3.16. The summed E-state index contributed by atoms with van der Waals surface area (Å²) >= 11 is 0. The van der Waals surface area contributed by atoms with Crippen molar-refractivity contribution < 1.29 is 9.53 Å². The maximum Gasteiger partial charge on any atom is 0.332 e. The van der Waals surface area contributed by atoms with Crippen molar-refractivity contribution in [1.82, 2.24) is 0 Å². The lowest BCUT2D eigenvalue weighted by Gasteiger charge is -2.02. The van der Waals surface area contributed by atoms with Crippen molar-refractivity contribution in [3.05, 3.63) is 54.6 Å². The Bertz CT molecular complexity index is 433. The molecule has 1 aromatic carbocycles. The van der Waals surface area contributed by atoms with Crippen LogP contribution in [-0.2, 0) is 9.53 Å². The molecule has 3 heteroatoms. The van der Waals surface area contributed by atoms with E-state index in [-0.39, 0.29) is 0 Å². The summed E-state index contributed by atoms with van der Waals surface area (Å²) in [7, 11) is 0. The van der Waals surface area contributed by atoms with E-state index in [0.717, 1.165) is 5.56 Å². The van der Waals surface area contributed by atoms with E-state index in [1.165, 1.54) is 12.3 Å². The van der Waals surface area contributed by atoms with Gasteiger partial charge in [-0.15, -0.1) is 0 Å². The summed E-state index contributed by atoms with van der Waals surface area (Å²) in [6, 6.07) is 9.44. The van der Waals surface area contributed by atoms with Gasteiger partial charge in [-0.3, -0.25) is 4.99 Å². The first-order chi connectivity index (χ1) is 8.27. The first-order valence-electron chi connectivity index (χ1n) is 5.37. The zero-order valence-corrected chi connectivity index (χ0v) is 9.80. The Hall–Kier alpha value is -2.16. The molecule has 0 fully saturated rings. The Morgan fingerprint density at radius 3 is 2.71 bits per heavy atom. The van der Waals surface area contributed by atoms with Gasteiger partial charge in [0.2, 0.25) is 0 Å². The monoisotopic (exact) mass is 229 g/mol. The Morgan fingerprint density at radius 1 is 1.41 bits per heavy atom. The van der Waals surface area contributed by atoms with Gasteiger partial charge in [-0.2, -0.15) is 0 Å². The normalized spacial score (nSPS) is 11.5. The van der Waals surface area contributed by atoms with E-state index in [1.807, 2.05) is 30.3 Å². The van der Waals surface area contributed by atoms with Crippen LogP contribution < -0.4 is 0 Å². The molecule has 3 nitrogen and oxygen atoms in total. The highest BCUT2D eigenvalue weighted by Crippen LogP contribution is 2.15. The molecule has 0 N–H and O–H groups in total. The predicted molar refractivity (Wildman–Crippen MR) is 69.7 cm³/mol. The van der Waals surface area contributed by atoms with Crippen LogP contribution in [0.5, 0.6) is 0 Å². The summed E-state index contributed by atoms with van der Waals surface area (Å²) < 4.78 is 4.86. The van der Waals surface area contributed by atoms with Crippen LogP contribution in [0.4, 0.5) is 0 Å². The lowest BCUT2D eigenvalue weighted by Crippen LogP contribution is -2.00. The number of allylic oxidation sites excluding steroid dienone is 1. The van der Waals surface area contributed by atoms with Crippen LogP contribution in [-0.4, -0.2) is 18.8 Å². The Balaban J connectivity index is 3.00. The summed E-state index contributed by atoms with van der Waals surface area (Å²) in [5.74, 6) is -0.396. The van der Waals surface area contributed by atoms with Crippen LogP contribution in [0.1, 0.15) is 12.5 Å². The van der Waals surface area contributed by atoms with Gasteiger partial charge in [-0.1, -0.05) is 43.0 Å². The highest BCUT2D eigenvalue weighted by molar-refractivity contribution is 5.93. The SMILES string of the molecule is C=CC=N/C(=C/C(=O)OCC)c1ccccc1. The molecule has 0 heterocycles. The smallest absolute Gasteiger partial charge is 0.332 e. The van der Waals surface area contributed by atoms with E-state index in [0.29, 0.717) is 12.3 Å². The third-order valence-corrected chi connectivity index (χ3v) is 1.93. The molecule has 1 aromatic rings. The topological polar surface area (TPSA) is 38.7 Å². The molecule has 1 rings (SSSR count).